The normalized spacial score (nSPS) is 22.8. The first kappa shape index (κ1) is 22.8. The van der Waals surface area contributed by atoms with E-state index in [9.17, 15) is 18.4 Å². The van der Waals surface area contributed by atoms with Gasteiger partial charge in [0.2, 0.25) is 0 Å². The van der Waals surface area contributed by atoms with Crippen molar-refractivity contribution in [2.45, 2.75) is 44.3 Å². The van der Waals surface area contributed by atoms with Crippen LogP contribution in [0.25, 0.3) is 10.9 Å². The molecule has 1 amide bonds. The van der Waals surface area contributed by atoms with E-state index in [4.69, 9.17) is 9.47 Å². The lowest BCUT2D eigenvalue weighted by Crippen LogP contribution is -2.46. The maximum Gasteiger partial charge on any atom is 0.257 e. The molecule has 0 unspecified atom stereocenters. The quantitative estimate of drug-likeness (QED) is 0.658. The van der Waals surface area contributed by atoms with E-state index in [1.807, 2.05) is 4.90 Å². The van der Waals surface area contributed by atoms with Crippen LogP contribution in [-0.2, 0) is 14.3 Å². The Balaban J connectivity index is 1.30. The lowest BCUT2D eigenvalue weighted by molar-refractivity contribution is -0.169. The number of aromatic nitrogens is 1. The summed E-state index contributed by atoms with van der Waals surface area (Å²) in [4.78, 5) is 34.1. The predicted octanol–water partition coefficient (Wildman–Crippen LogP) is 3.69. The van der Waals surface area contributed by atoms with Crippen LogP contribution in [-0.4, -0.2) is 66.8 Å². The number of carbonyl (C=O) groups is 2. The highest BCUT2D eigenvalue weighted by molar-refractivity contribution is 6.07. The zero-order valence-corrected chi connectivity index (χ0v) is 19.6. The molecule has 3 aliphatic heterocycles. The monoisotopic (exact) mass is 485 g/mol. The van der Waals surface area contributed by atoms with E-state index in [1.165, 1.54) is 12.3 Å². The highest BCUT2D eigenvalue weighted by Gasteiger charge is 2.41. The Morgan fingerprint density at radius 2 is 1.60 bits per heavy atom. The highest BCUT2D eigenvalue weighted by atomic mass is 19.1. The number of rotatable bonds is 4. The first-order chi connectivity index (χ1) is 16.9. The molecule has 0 bridgehead atoms. The summed E-state index contributed by atoms with van der Waals surface area (Å²) < 4.78 is 40.6. The van der Waals surface area contributed by atoms with Crippen molar-refractivity contribution in [3.63, 3.8) is 0 Å². The molecule has 6 rings (SSSR count). The fourth-order valence-corrected chi connectivity index (χ4v) is 5.81. The standard InChI is InChI=1S/C26H29F2N3O4/c27-18-13-19-22(21(28)14-18)29-15-20(23(19)30-9-5-26(6-10-30)34-11-12-35-26)25(33)31-7-3-17(4-8-31)24(32)16-1-2-16/h13-17H,1-12H2. The van der Waals surface area contributed by atoms with Crippen molar-refractivity contribution in [3.8, 4) is 0 Å². The summed E-state index contributed by atoms with van der Waals surface area (Å²) in [6, 6.07) is 2.07. The van der Waals surface area contributed by atoms with E-state index in [2.05, 4.69) is 4.98 Å². The molecule has 4 heterocycles. The molecule has 4 fully saturated rings. The minimum absolute atomic E-state index is 0.0219. The summed E-state index contributed by atoms with van der Waals surface area (Å²) in [6.07, 6.45) is 5.89. The number of hydrogen-bond donors (Lipinski definition) is 0. The van der Waals surface area contributed by atoms with Crippen LogP contribution in [0.15, 0.2) is 18.3 Å². The highest BCUT2D eigenvalue weighted by Crippen LogP contribution is 2.39. The summed E-state index contributed by atoms with van der Waals surface area (Å²) in [5.41, 5.74) is 0.876. The second-order valence-corrected chi connectivity index (χ2v) is 10.1. The number of nitrogens with zero attached hydrogens (tertiary/aromatic N) is 3. The van der Waals surface area contributed by atoms with E-state index in [0.29, 0.717) is 82.1 Å². The molecule has 3 saturated heterocycles. The summed E-state index contributed by atoms with van der Waals surface area (Å²) in [5.74, 6) is -1.71. The number of ether oxygens (including phenoxy) is 2. The molecule has 7 nitrogen and oxygen atoms in total. The van der Waals surface area contributed by atoms with Crippen molar-refractivity contribution < 1.29 is 27.8 Å². The SMILES string of the molecule is O=C(C1CC1)C1CCN(C(=O)c2cnc3c(F)cc(F)cc3c2N2CCC3(CC2)OCCO3)CC1. The molecule has 4 aliphatic rings. The van der Waals surface area contributed by atoms with Crippen molar-refractivity contribution in [2.75, 3.05) is 44.3 Å². The number of anilines is 1. The van der Waals surface area contributed by atoms with E-state index < -0.39 is 17.4 Å². The van der Waals surface area contributed by atoms with Gasteiger partial charge in [0.05, 0.1) is 24.5 Å². The molecule has 0 N–H and O–H groups in total. The van der Waals surface area contributed by atoms with Gasteiger partial charge >= 0.3 is 0 Å². The number of Topliss-reactive ketones (excluding diaryl/α,β-unsaturated/α-hetero) is 1. The molecule has 1 spiro atoms. The van der Waals surface area contributed by atoms with E-state index in [0.717, 1.165) is 18.9 Å². The van der Waals surface area contributed by atoms with Gasteiger partial charge in [-0.1, -0.05) is 0 Å². The van der Waals surface area contributed by atoms with Crippen LogP contribution in [0.3, 0.4) is 0 Å². The first-order valence-corrected chi connectivity index (χ1v) is 12.6. The summed E-state index contributed by atoms with van der Waals surface area (Å²) in [5, 5.41) is 0.288. The van der Waals surface area contributed by atoms with E-state index >= 15 is 0 Å². The maximum absolute atomic E-state index is 14.6. The van der Waals surface area contributed by atoms with Crippen LogP contribution in [0.5, 0.6) is 0 Å². The van der Waals surface area contributed by atoms with Gasteiger partial charge in [-0.05, 0) is 31.7 Å². The molecule has 35 heavy (non-hydrogen) atoms. The van der Waals surface area contributed by atoms with Crippen molar-refractivity contribution in [3.05, 3.63) is 35.5 Å². The fraction of sp³-hybridized carbons (Fsp3) is 0.577. The maximum atomic E-state index is 14.6. The van der Waals surface area contributed by atoms with Gasteiger partial charge in [0.15, 0.2) is 11.6 Å². The third-order valence-electron chi connectivity index (χ3n) is 7.91. The molecule has 1 aromatic heterocycles. The van der Waals surface area contributed by atoms with Gasteiger partial charge < -0.3 is 19.3 Å². The second kappa shape index (κ2) is 8.78. The summed E-state index contributed by atoms with van der Waals surface area (Å²) in [7, 11) is 0. The molecule has 186 valence electrons. The van der Waals surface area contributed by atoms with Gasteiger partial charge in [0.1, 0.15) is 17.1 Å². The number of hydrogen-bond acceptors (Lipinski definition) is 6. The molecule has 9 heteroatoms. The number of benzene rings is 1. The number of pyridine rings is 1. The first-order valence-electron chi connectivity index (χ1n) is 12.6. The van der Waals surface area contributed by atoms with Gasteiger partial charge in [-0.2, -0.15) is 0 Å². The fourth-order valence-electron chi connectivity index (χ4n) is 5.81. The van der Waals surface area contributed by atoms with Crippen LogP contribution >= 0.6 is 0 Å². The average Bonchev–Trinajstić information content (AvgIpc) is 3.63. The zero-order valence-electron chi connectivity index (χ0n) is 19.6. The van der Waals surface area contributed by atoms with Crippen LogP contribution in [0.1, 0.15) is 48.9 Å². The lowest BCUT2D eigenvalue weighted by Gasteiger charge is -2.40. The smallest absolute Gasteiger partial charge is 0.257 e. The lowest BCUT2D eigenvalue weighted by atomic mass is 9.90. The molecule has 1 saturated carbocycles. The summed E-state index contributed by atoms with van der Waals surface area (Å²) >= 11 is 0. The topological polar surface area (TPSA) is 72.0 Å². The van der Waals surface area contributed by atoms with Crippen LogP contribution in [0.4, 0.5) is 14.5 Å². The largest absolute Gasteiger partial charge is 0.370 e. The Bertz CT molecular complexity index is 1160. The van der Waals surface area contributed by atoms with E-state index in [-0.39, 0.29) is 28.6 Å². The van der Waals surface area contributed by atoms with Gasteiger partial charge in [-0.3, -0.25) is 14.6 Å². The number of fused-ring (bicyclic) bond motifs is 1. The van der Waals surface area contributed by atoms with Crippen LogP contribution in [0.2, 0.25) is 0 Å². The van der Waals surface area contributed by atoms with Crippen molar-refractivity contribution in [2.24, 2.45) is 11.8 Å². The van der Waals surface area contributed by atoms with Gasteiger partial charge in [0, 0.05) is 68.5 Å². The molecule has 1 aromatic carbocycles. The van der Waals surface area contributed by atoms with E-state index in [1.54, 1.807) is 4.90 Å². The van der Waals surface area contributed by atoms with Crippen LogP contribution < -0.4 is 4.90 Å². The third kappa shape index (κ3) is 4.18. The number of likely N-dealkylation sites (tertiary alicyclic amines) is 1. The Hall–Kier alpha value is -2.65. The van der Waals surface area contributed by atoms with Crippen molar-refractivity contribution in [1.82, 2.24) is 9.88 Å². The zero-order chi connectivity index (χ0) is 24.2. The van der Waals surface area contributed by atoms with Crippen molar-refractivity contribution in [1.29, 1.82) is 0 Å². The molecule has 0 radical (unpaired) electrons. The second-order valence-electron chi connectivity index (χ2n) is 10.1. The molecule has 0 atom stereocenters. The minimum atomic E-state index is -0.754. The van der Waals surface area contributed by atoms with Crippen molar-refractivity contribution >= 4 is 28.3 Å². The Labute approximate surface area is 202 Å². The van der Waals surface area contributed by atoms with Gasteiger partial charge in [-0.25, -0.2) is 8.78 Å². The Morgan fingerprint density at radius 1 is 0.943 bits per heavy atom. The molecular weight excluding hydrogens is 456 g/mol. The summed E-state index contributed by atoms with van der Waals surface area (Å²) in [6.45, 7) is 3.13. The molecule has 1 aliphatic carbocycles. The van der Waals surface area contributed by atoms with Gasteiger partial charge in [-0.15, -0.1) is 0 Å². The number of amides is 1. The van der Waals surface area contributed by atoms with Gasteiger partial charge in [0.25, 0.3) is 5.91 Å². The number of carbonyl (C=O) groups excluding carboxylic acids is 2. The number of ketones is 1. The molecule has 2 aromatic rings. The Morgan fingerprint density at radius 3 is 2.26 bits per heavy atom. The molecular formula is C26H29F2N3O4. The average molecular weight is 486 g/mol. The Kier molecular flexibility index (Phi) is 5.72. The number of halogens is 2. The number of piperidine rings is 2. The minimum Gasteiger partial charge on any atom is -0.370 e. The van der Waals surface area contributed by atoms with Crippen LogP contribution in [0, 0.1) is 23.5 Å². The third-order valence-corrected chi connectivity index (χ3v) is 7.91. The predicted molar refractivity (Wildman–Crippen MR) is 124 cm³/mol.